The Kier molecular flexibility index (Phi) is 3.78. The predicted molar refractivity (Wildman–Crippen MR) is 80.0 cm³/mol. The number of sulfonamides is 1. The van der Waals surface area contributed by atoms with Crippen LogP contribution in [0.4, 0.5) is 4.39 Å². The molecule has 2 heterocycles. The number of ether oxygens (including phenoxy) is 2. The molecule has 23 heavy (non-hydrogen) atoms. The molecule has 0 aromatic carbocycles. The van der Waals surface area contributed by atoms with Crippen molar-refractivity contribution in [1.82, 2.24) is 9.29 Å². The van der Waals surface area contributed by atoms with Gasteiger partial charge in [0.1, 0.15) is 6.10 Å². The van der Waals surface area contributed by atoms with Gasteiger partial charge in [-0.15, -0.1) is 0 Å². The highest BCUT2D eigenvalue weighted by Gasteiger charge is 2.51. The average Bonchev–Trinajstić information content (AvgIpc) is 3.29. The molecular formula is C15H19FN2O4S. The topological polar surface area (TPSA) is 68.7 Å². The zero-order valence-corrected chi connectivity index (χ0v) is 13.4. The summed E-state index contributed by atoms with van der Waals surface area (Å²) in [6.07, 6.45) is 3.52. The smallest absolute Gasteiger partial charge is 0.250 e. The van der Waals surface area contributed by atoms with Gasteiger partial charge in [0.15, 0.2) is 5.82 Å². The second-order valence-corrected chi connectivity index (χ2v) is 8.45. The lowest BCUT2D eigenvalue weighted by molar-refractivity contribution is 0.000676. The summed E-state index contributed by atoms with van der Waals surface area (Å²) in [5, 5.41) is -0.271. The normalized spacial score (nSPS) is 31.8. The number of nitrogens with zero attached hydrogens (tertiary/aromatic N) is 2. The van der Waals surface area contributed by atoms with Gasteiger partial charge in [0, 0.05) is 12.7 Å². The summed E-state index contributed by atoms with van der Waals surface area (Å²) < 4.78 is 52.2. The zero-order chi connectivity index (χ0) is 16.0. The van der Waals surface area contributed by atoms with Crippen molar-refractivity contribution in [2.24, 2.45) is 0 Å². The summed E-state index contributed by atoms with van der Waals surface area (Å²) in [5.74, 6) is -0.642. The molecule has 4 rings (SSSR count). The third kappa shape index (κ3) is 2.72. The van der Waals surface area contributed by atoms with Gasteiger partial charge < -0.3 is 9.47 Å². The lowest BCUT2D eigenvalue weighted by Gasteiger charge is -2.30. The molecule has 0 spiro atoms. The minimum Gasteiger partial charge on any atom is -0.468 e. The van der Waals surface area contributed by atoms with Crippen molar-refractivity contribution in [3.05, 3.63) is 24.1 Å². The van der Waals surface area contributed by atoms with Gasteiger partial charge in [-0.2, -0.15) is 4.31 Å². The summed E-state index contributed by atoms with van der Waals surface area (Å²) in [7, 11) is -3.32. The fourth-order valence-corrected chi connectivity index (χ4v) is 5.52. The quantitative estimate of drug-likeness (QED) is 0.826. The first kappa shape index (κ1) is 15.3. The Balaban J connectivity index is 1.62. The van der Waals surface area contributed by atoms with E-state index >= 15 is 0 Å². The maximum Gasteiger partial charge on any atom is 0.250 e. The second-order valence-electron chi connectivity index (χ2n) is 6.28. The van der Waals surface area contributed by atoms with Gasteiger partial charge in [0.2, 0.25) is 10.0 Å². The minimum absolute atomic E-state index is 0.0938. The van der Waals surface area contributed by atoms with Crippen LogP contribution in [0.25, 0.3) is 0 Å². The highest BCUT2D eigenvalue weighted by Crippen LogP contribution is 2.39. The fourth-order valence-electron chi connectivity index (χ4n) is 3.47. The summed E-state index contributed by atoms with van der Waals surface area (Å²) in [5.41, 5.74) is 0. The van der Waals surface area contributed by atoms with Crippen LogP contribution in [-0.4, -0.2) is 54.4 Å². The Morgan fingerprint density at radius 2 is 2.13 bits per heavy atom. The van der Waals surface area contributed by atoms with Crippen LogP contribution >= 0.6 is 0 Å². The number of pyridine rings is 1. The molecule has 126 valence electrons. The molecule has 0 unspecified atom stereocenters. The standard InChI is InChI=1S/C15H19FN2O4S/c16-11-2-1-7-17-15(11)22-14-12-5-6-13(14)21-9-8-18(12)23(19,20)10-3-4-10/h1-2,7,10,12-14H,3-6,8-9H2/t12-,13-,14+/m0/s1. The fraction of sp³-hybridized carbons (Fsp3) is 0.667. The number of hydrogen-bond acceptors (Lipinski definition) is 5. The molecule has 6 nitrogen and oxygen atoms in total. The first-order valence-electron chi connectivity index (χ1n) is 7.97. The van der Waals surface area contributed by atoms with Crippen molar-refractivity contribution < 1.29 is 22.3 Å². The minimum atomic E-state index is -3.32. The van der Waals surface area contributed by atoms with Gasteiger partial charge in [-0.05, 0) is 37.8 Å². The Labute approximate surface area is 134 Å². The van der Waals surface area contributed by atoms with Gasteiger partial charge in [-0.3, -0.25) is 0 Å². The van der Waals surface area contributed by atoms with Crippen LogP contribution < -0.4 is 4.74 Å². The third-order valence-electron chi connectivity index (χ3n) is 4.75. The van der Waals surface area contributed by atoms with Crippen molar-refractivity contribution >= 4 is 10.0 Å². The van der Waals surface area contributed by atoms with E-state index in [0.717, 1.165) is 12.8 Å². The van der Waals surface area contributed by atoms with Crippen LogP contribution in [0, 0.1) is 5.82 Å². The highest BCUT2D eigenvalue weighted by molar-refractivity contribution is 7.90. The molecule has 1 aliphatic heterocycles. The molecule has 2 aliphatic carbocycles. The molecule has 0 N–H and O–H groups in total. The summed E-state index contributed by atoms with van der Waals surface area (Å²) in [4.78, 5) is 3.91. The van der Waals surface area contributed by atoms with E-state index in [1.807, 2.05) is 0 Å². The molecule has 8 heteroatoms. The summed E-state index contributed by atoms with van der Waals surface area (Å²) in [6.45, 7) is 0.683. The lowest BCUT2D eigenvalue weighted by atomic mass is 10.2. The molecule has 3 atom stereocenters. The van der Waals surface area contributed by atoms with E-state index in [-0.39, 0.29) is 23.3 Å². The highest BCUT2D eigenvalue weighted by atomic mass is 32.2. The van der Waals surface area contributed by atoms with Gasteiger partial charge in [0.25, 0.3) is 5.88 Å². The maximum absolute atomic E-state index is 13.8. The van der Waals surface area contributed by atoms with E-state index in [1.165, 1.54) is 22.6 Å². The lowest BCUT2D eigenvalue weighted by Crippen LogP contribution is -2.48. The zero-order valence-electron chi connectivity index (χ0n) is 12.6. The SMILES string of the molecule is O=S(=O)(C1CC1)N1CCO[C@H]2CC[C@H]1[C@H]2Oc1ncccc1F. The van der Waals surface area contributed by atoms with Gasteiger partial charge in [-0.25, -0.2) is 17.8 Å². The molecule has 2 bridgehead atoms. The van der Waals surface area contributed by atoms with Gasteiger partial charge >= 0.3 is 0 Å². The van der Waals surface area contributed by atoms with Crippen molar-refractivity contribution in [1.29, 1.82) is 0 Å². The number of aromatic nitrogens is 1. The number of fused-ring (bicyclic) bond motifs is 2. The van der Waals surface area contributed by atoms with Crippen LogP contribution in [0.3, 0.4) is 0 Å². The van der Waals surface area contributed by atoms with Crippen molar-refractivity contribution in [2.75, 3.05) is 13.2 Å². The predicted octanol–water partition coefficient (Wildman–Crippen LogP) is 1.32. The van der Waals surface area contributed by atoms with Crippen LogP contribution in [0.2, 0.25) is 0 Å². The number of hydrogen-bond donors (Lipinski definition) is 0. The van der Waals surface area contributed by atoms with Crippen molar-refractivity contribution in [3.8, 4) is 5.88 Å². The maximum atomic E-state index is 13.8. The van der Waals surface area contributed by atoms with E-state index in [0.29, 0.717) is 26.0 Å². The Morgan fingerprint density at radius 1 is 1.30 bits per heavy atom. The molecule has 1 aromatic heterocycles. The van der Waals surface area contributed by atoms with Crippen LogP contribution in [-0.2, 0) is 14.8 Å². The summed E-state index contributed by atoms with van der Waals surface area (Å²) >= 11 is 0. The first-order valence-corrected chi connectivity index (χ1v) is 9.47. The van der Waals surface area contributed by atoms with Crippen molar-refractivity contribution in [3.63, 3.8) is 0 Å². The molecule has 0 amide bonds. The van der Waals surface area contributed by atoms with E-state index in [4.69, 9.17) is 9.47 Å². The Morgan fingerprint density at radius 3 is 2.87 bits per heavy atom. The number of halogens is 1. The van der Waals surface area contributed by atoms with Crippen LogP contribution in [0.5, 0.6) is 5.88 Å². The molecule has 2 saturated carbocycles. The Hall–Kier alpha value is -1.25. The molecule has 1 aromatic rings. The van der Waals surface area contributed by atoms with E-state index in [9.17, 15) is 12.8 Å². The van der Waals surface area contributed by atoms with E-state index in [1.54, 1.807) is 0 Å². The second kappa shape index (κ2) is 5.68. The monoisotopic (exact) mass is 342 g/mol. The van der Waals surface area contributed by atoms with Gasteiger partial charge in [0.05, 0.1) is 24.0 Å². The molecule has 3 aliphatic rings. The van der Waals surface area contributed by atoms with Crippen LogP contribution in [0.1, 0.15) is 25.7 Å². The Bertz CT molecular complexity index is 694. The number of rotatable bonds is 4. The third-order valence-corrected chi connectivity index (χ3v) is 7.17. The summed E-state index contributed by atoms with van der Waals surface area (Å²) in [6, 6.07) is 2.46. The molecular weight excluding hydrogens is 323 g/mol. The van der Waals surface area contributed by atoms with Crippen LogP contribution in [0.15, 0.2) is 18.3 Å². The molecule has 1 saturated heterocycles. The molecule has 0 radical (unpaired) electrons. The average molecular weight is 342 g/mol. The van der Waals surface area contributed by atoms with E-state index in [2.05, 4.69) is 4.98 Å². The van der Waals surface area contributed by atoms with E-state index < -0.39 is 21.9 Å². The largest absolute Gasteiger partial charge is 0.468 e. The van der Waals surface area contributed by atoms with Gasteiger partial charge in [-0.1, -0.05) is 0 Å². The molecule has 3 fully saturated rings. The first-order chi connectivity index (χ1) is 11.1. The van der Waals surface area contributed by atoms with Crippen molar-refractivity contribution in [2.45, 2.75) is 49.2 Å².